The van der Waals surface area contributed by atoms with Gasteiger partial charge in [0.25, 0.3) is 5.91 Å². The molecule has 6 nitrogen and oxygen atoms in total. The van der Waals surface area contributed by atoms with Gasteiger partial charge < -0.3 is 19.5 Å². The molecule has 0 unspecified atom stereocenters. The summed E-state index contributed by atoms with van der Waals surface area (Å²) in [5.74, 6) is 0.0922. The number of aromatic amines is 1. The highest BCUT2D eigenvalue weighted by atomic mass is 32.1. The van der Waals surface area contributed by atoms with Crippen molar-refractivity contribution < 1.29 is 9.53 Å². The second kappa shape index (κ2) is 8.62. The molecule has 5 rings (SSSR count). The van der Waals surface area contributed by atoms with Crippen molar-refractivity contribution in [2.75, 3.05) is 44.3 Å². The maximum Gasteiger partial charge on any atom is 0.270 e. The van der Waals surface area contributed by atoms with E-state index in [0.29, 0.717) is 5.69 Å². The van der Waals surface area contributed by atoms with Crippen molar-refractivity contribution in [3.8, 4) is 11.3 Å². The molecular weight excluding hydrogens is 396 g/mol. The predicted octanol–water partition coefficient (Wildman–Crippen LogP) is 3.80. The van der Waals surface area contributed by atoms with E-state index in [4.69, 9.17) is 9.72 Å². The molecule has 0 radical (unpaired) electrons. The smallest absolute Gasteiger partial charge is 0.270 e. The zero-order chi connectivity index (χ0) is 20.3. The topological polar surface area (TPSA) is 61.5 Å². The predicted molar refractivity (Wildman–Crippen MR) is 119 cm³/mol. The number of carbonyl (C=O) groups excluding carboxylic acids is 1. The van der Waals surface area contributed by atoms with Crippen LogP contribution in [0.15, 0.2) is 41.9 Å². The number of likely N-dealkylation sites (tertiary alicyclic amines) is 1. The SMILES string of the molecule is O=C(c1cc(-c2csc(Cc3ccc(N4CCOCC4)cc3)n2)c[nH]1)N1CCCC1. The molecule has 1 amide bonds. The number of anilines is 1. The summed E-state index contributed by atoms with van der Waals surface area (Å²) in [6, 6.07) is 10.7. The fraction of sp³-hybridized carbons (Fsp3) is 0.391. The van der Waals surface area contributed by atoms with Gasteiger partial charge in [0.2, 0.25) is 0 Å². The Bertz CT molecular complexity index is 998. The number of nitrogens with one attached hydrogen (secondary N) is 1. The molecule has 7 heteroatoms. The minimum atomic E-state index is 0.0922. The van der Waals surface area contributed by atoms with E-state index in [1.165, 1.54) is 11.3 Å². The van der Waals surface area contributed by atoms with Gasteiger partial charge in [-0.2, -0.15) is 0 Å². The lowest BCUT2D eigenvalue weighted by molar-refractivity contribution is 0.0787. The number of benzene rings is 1. The van der Waals surface area contributed by atoms with Crippen LogP contribution in [0.4, 0.5) is 5.69 Å². The Morgan fingerprint density at radius 2 is 1.87 bits per heavy atom. The van der Waals surface area contributed by atoms with Crippen LogP contribution in [0.3, 0.4) is 0 Å². The lowest BCUT2D eigenvalue weighted by Crippen LogP contribution is -2.36. The van der Waals surface area contributed by atoms with Gasteiger partial charge in [0.15, 0.2) is 0 Å². The van der Waals surface area contributed by atoms with Crippen LogP contribution >= 0.6 is 11.3 Å². The summed E-state index contributed by atoms with van der Waals surface area (Å²) >= 11 is 1.67. The lowest BCUT2D eigenvalue weighted by atomic mass is 10.1. The van der Waals surface area contributed by atoms with Gasteiger partial charge in [-0.1, -0.05) is 12.1 Å². The maximum atomic E-state index is 12.5. The van der Waals surface area contributed by atoms with E-state index in [9.17, 15) is 4.79 Å². The molecule has 1 aromatic carbocycles. The van der Waals surface area contributed by atoms with Crippen LogP contribution < -0.4 is 4.90 Å². The quantitative estimate of drug-likeness (QED) is 0.679. The fourth-order valence-electron chi connectivity index (χ4n) is 4.10. The minimum Gasteiger partial charge on any atom is -0.378 e. The lowest BCUT2D eigenvalue weighted by Gasteiger charge is -2.28. The largest absolute Gasteiger partial charge is 0.378 e. The van der Waals surface area contributed by atoms with Crippen molar-refractivity contribution in [3.63, 3.8) is 0 Å². The molecule has 4 heterocycles. The number of hydrogen-bond donors (Lipinski definition) is 1. The molecule has 0 bridgehead atoms. The Kier molecular flexibility index (Phi) is 5.55. The fourth-order valence-corrected chi connectivity index (χ4v) is 4.94. The summed E-state index contributed by atoms with van der Waals surface area (Å²) < 4.78 is 5.43. The van der Waals surface area contributed by atoms with E-state index in [0.717, 1.165) is 74.9 Å². The second-order valence-corrected chi connectivity index (χ2v) is 8.81. The van der Waals surface area contributed by atoms with E-state index < -0.39 is 0 Å². The first-order chi connectivity index (χ1) is 14.8. The van der Waals surface area contributed by atoms with Crippen LogP contribution in [0.1, 0.15) is 33.9 Å². The zero-order valence-electron chi connectivity index (χ0n) is 17.0. The third-order valence-corrected chi connectivity index (χ3v) is 6.67. The summed E-state index contributed by atoms with van der Waals surface area (Å²) in [7, 11) is 0. The summed E-state index contributed by atoms with van der Waals surface area (Å²) in [4.78, 5) is 24.8. The highest BCUT2D eigenvalue weighted by molar-refractivity contribution is 7.10. The van der Waals surface area contributed by atoms with Crippen LogP contribution in [-0.2, 0) is 11.2 Å². The van der Waals surface area contributed by atoms with Crippen molar-refractivity contribution >= 4 is 22.9 Å². The molecular formula is C23H26N4O2S. The van der Waals surface area contributed by atoms with Gasteiger partial charge in [0.05, 0.1) is 23.9 Å². The molecule has 1 N–H and O–H groups in total. The number of ether oxygens (including phenoxy) is 1. The molecule has 2 aromatic heterocycles. The number of H-pyrrole nitrogens is 1. The summed E-state index contributed by atoms with van der Waals surface area (Å²) in [5, 5.41) is 3.16. The highest BCUT2D eigenvalue weighted by Crippen LogP contribution is 2.26. The van der Waals surface area contributed by atoms with E-state index in [2.05, 4.69) is 39.5 Å². The van der Waals surface area contributed by atoms with Crippen molar-refractivity contribution in [3.05, 3.63) is 58.2 Å². The van der Waals surface area contributed by atoms with Gasteiger partial charge in [-0.25, -0.2) is 4.98 Å². The Hall–Kier alpha value is -2.64. The first-order valence-electron chi connectivity index (χ1n) is 10.6. The van der Waals surface area contributed by atoms with Gasteiger partial charge in [0.1, 0.15) is 5.69 Å². The summed E-state index contributed by atoms with van der Waals surface area (Å²) in [6.07, 6.45) is 4.90. The zero-order valence-corrected chi connectivity index (χ0v) is 17.8. The van der Waals surface area contributed by atoms with Crippen LogP contribution in [-0.4, -0.2) is 60.2 Å². The number of morpholine rings is 1. The van der Waals surface area contributed by atoms with Crippen molar-refractivity contribution in [1.29, 1.82) is 0 Å². The van der Waals surface area contributed by atoms with E-state index in [-0.39, 0.29) is 5.91 Å². The number of hydrogen-bond acceptors (Lipinski definition) is 5. The molecule has 156 valence electrons. The van der Waals surface area contributed by atoms with Gasteiger partial charge in [-0.15, -0.1) is 11.3 Å². The van der Waals surface area contributed by atoms with Crippen molar-refractivity contribution in [2.24, 2.45) is 0 Å². The number of thiazole rings is 1. The van der Waals surface area contributed by atoms with Gasteiger partial charge >= 0.3 is 0 Å². The third-order valence-electron chi connectivity index (χ3n) is 5.82. The molecule has 0 atom stereocenters. The Labute approximate surface area is 180 Å². The number of aromatic nitrogens is 2. The Morgan fingerprint density at radius 1 is 1.10 bits per heavy atom. The summed E-state index contributed by atoms with van der Waals surface area (Å²) in [6.45, 7) is 5.22. The molecule has 0 saturated carbocycles. The second-order valence-electron chi connectivity index (χ2n) is 7.87. The summed E-state index contributed by atoms with van der Waals surface area (Å²) in [5.41, 5.74) is 5.07. The van der Waals surface area contributed by atoms with Crippen molar-refractivity contribution in [2.45, 2.75) is 19.3 Å². The van der Waals surface area contributed by atoms with E-state index in [1.807, 2.05) is 17.2 Å². The Morgan fingerprint density at radius 3 is 2.63 bits per heavy atom. The van der Waals surface area contributed by atoms with E-state index >= 15 is 0 Å². The average Bonchev–Trinajstić information content (AvgIpc) is 3.56. The molecule has 2 aliphatic rings. The molecule has 0 spiro atoms. The molecule has 0 aliphatic carbocycles. The normalized spacial score (nSPS) is 16.9. The van der Waals surface area contributed by atoms with Crippen LogP contribution in [0, 0.1) is 0 Å². The molecule has 3 aromatic rings. The van der Waals surface area contributed by atoms with E-state index in [1.54, 1.807) is 11.3 Å². The molecule has 30 heavy (non-hydrogen) atoms. The van der Waals surface area contributed by atoms with Crippen LogP contribution in [0.5, 0.6) is 0 Å². The minimum absolute atomic E-state index is 0.0922. The van der Waals surface area contributed by atoms with Gasteiger partial charge in [0, 0.05) is 55.4 Å². The van der Waals surface area contributed by atoms with Crippen molar-refractivity contribution in [1.82, 2.24) is 14.9 Å². The highest BCUT2D eigenvalue weighted by Gasteiger charge is 2.21. The number of amides is 1. The van der Waals surface area contributed by atoms with Gasteiger partial charge in [-0.05, 0) is 36.6 Å². The number of nitrogens with zero attached hydrogens (tertiary/aromatic N) is 3. The molecule has 2 saturated heterocycles. The number of rotatable bonds is 5. The molecule has 2 fully saturated rings. The first kappa shape index (κ1) is 19.3. The van der Waals surface area contributed by atoms with Gasteiger partial charge in [-0.3, -0.25) is 4.79 Å². The monoisotopic (exact) mass is 422 g/mol. The average molecular weight is 423 g/mol. The third kappa shape index (κ3) is 4.13. The molecule has 2 aliphatic heterocycles. The maximum absolute atomic E-state index is 12.5. The Balaban J connectivity index is 1.24. The number of carbonyl (C=O) groups is 1. The van der Waals surface area contributed by atoms with Crippen LogP contribution in [0.2, 0.25) is 0 Å². The van der Waals surface area contributed by atoms with Crippen LogP contribution in [0.25, 0.3) is 11.3 Å². The first-order valence-corrected chi connectivity index (χ1v) is 11.5. The standard InChI is InChI=1S/C23H26N4O2S/c28-23(27-7-1-2-8-27)20-14-18(15-24-20)21-16-30-22(25-21)13-17-3-5-19(6-4-17)26-9-11-29-12-10-26/h3-6,14-16,24H,1-2,7-13H2.